The summed E-state index contributed by atoms with van der Waals surface area (Å²) in [4.78, 5) is 3.31. The van der Waals surface area contributed by atoms with Crippen LogP contribution in [0.2, 0.25) is 0 Å². The molecule has 0 amide bonds. The molecule has 1 unspecified atom stereocenters. The Hall–Kier alpha value is -2.62. The first-order valence-corrected chi connectivity index (χ1v) is 9.90. The fourth-order valence-electron chi connectivity index (χ4n) is 4.34. The van der Waals surface area contributed by atoms with Crippen molar-refractivity contribution in [3.8, 4) is 0 Å². The van der Waals surface area contributed by atoms with Crippen LogP contribution in [0.5, 0.6) is 0 Å². The normalized spacial score (nSPS) is 16.7. The molecule has 1 aliphatic rings. The van der Waals surface area contributed by atoms with Crippen molar-refractivity contribution in [3.63, 3.8) is 0 Å². The van der Waals surface area contributed by atoms with Crippen molar-refractivity contribution in [2.24, 2.45) is 0 Å². The summed E-state index contributed by atoms with van der Waals surface area (Å²) in [7, 11) is 0. The molecule has 2 heterocycles. The number of hydrogen-bond donors (Lipinski definition) is 3. The molecule has 4 aromatic rings. The molecule has 3 N–H and O–H groups in total. The van der Waals surface area contributed by atoms with E-state index in [1.807, 2.05) is 6.20 Å². The van der Waals surface area contributed by atoms with E-state index in [1.54, 1.807) is 0 Å². The number of nitrogens with one attached hydrogen (secondary N) is 3. The predicted molar refractivity (Wildman–Crippen MR) is 113 cm³/mol. The Bertz CT molecular complexity index is 1050. The number of rotatable bonds is 4. The quantitative estimate of drug-likeness (QED) is 0.494. The zero-order valence-corrected chi connectivity index (χ0v) is 15.4. The van der Waals surface area contributed by atoms with E-state index in [2.05, 4.69) is 82.3 Å². The molecule has 1 saturated heterocycles. The van der Waals surface area contributed by atoms with E-state index in [9.17, 15) is 0 Å². The predicted octanol–water partition coefficient (Wildman–Crippen LogP) is 4.75. The molecular formula is C24H25N3. The third-order valence-corrected chi connectivity index (χ3v) is 5.79. The smallest absolute Gasteiger partial charge is 0.0585 e. The number of hydrogen-bond acceptors (Lipinski definition) is 2. The van der Waals surface area contributed by atoms with Crippen molar-refractivity contribution in [3.05, 3.63) is 84.1 Å². The highest BCUT2D eigenvalue weighted by molar-refractivity contribution is 5.87. The number of benzene rings is 3. The fraction of sp³-hybridized carbons (Fsp3) is 0.250. The van der Waals surface area contributed by atoms with Crippen LogP contribution in [0.3, 0.4) is 0 Å². The Morgan fingerprint density at radius 2 is 1.70 bits per heavy atom. The van der Waals surface area contributed by atoms with E-state index in [-0.39, 0.29) is 6.04 Å². The highest BCUT2D eigenvalue weighted by Crippen LogP contribution is 2.31. The third kappa shape index (κ3) is 3.25. The van der Waals surface area contributed by atoms with Crippen LogP contribution in [0.1, 0.15) is 30.0 Å². The van der Waals surface area contributed by atoms with Crippen molar-refractivity contribution in [2.75, 3.05) is 13.1 Å². The highest BCUT2D eigenvalue weighted by atomic mass is 15.0. The summed E-state index contributed by atoms with van der Waals surface area (Å²) in [5, 5.41) is 11.4. The van der Waals surface area contributed by atoms with Crippen molar-refractivity contribution in [1.82, 2.24) is 15.6 Å². The van der Waals surface area contributed by atoms with Gasteiger partial charge >= 0.3 is 0 Å². The lowest BCUT2D eigenvalue weighted by Gasteiger charge is -2.30. The van der Waals surface area contributed by atoms with E-state index >= 15 is 0 Å². The lowest BCUT2D eigenvalue weighted by molar-refractivity contribution is 0.368. The maximum absolute atomic E-state index is 3.99. The topological polar surface area (TPSA) is 39.8 Å². The minimum absolute atomic E-state index is 0.193. The van der Waals surface area contributed by atoms with Gasteiger partial charge in [-0.05, 0) is 71.4 Å². The molecule has 1 aliphatic heterocycles. The number of fused-ring (bicyclic) bond motifs is 2. The van der Waals surface area contributed by atoms with Crippen LogP contribution < -0.4 is 10.6 Å². The van der Waals surface area contributed by atoms with Gasteiger partial charge in [0.25, 0.3) is 0 Å². The van der Waals surface area contributed by atoms with Gasteiger partial charge in [-0.15, -0.1) is 0 Å². The molecule has 1 aromatic heterocycles. The SMILES string of the molecule is c1ccc2c(C(NC3CCNCC3)c3ccc4[nH]ccc4c3)cccc2c1. The Kier molecular flexibility index (Phi) is 4.40. The summed E-state index contributed by atoms with van der Waals surface area (Å²) in [5.41, 5.74) is 3.88. The molecule has 0 aliphatic carbocycles. The number of piperidine rings is 1. The van der Waals surface area contributed by atoms with E-state index in [0.29, 0.717) is 6.04 Å². The molecule has 0 saturated carbocycles. The maximum Gasteiger partial charge on any atom is 0.0585 e. The van der Waals surface area contributed by atoms with Gasteiger partial charge in [-0.3, -0.25) is 0 Å². The first-order valence-electron chi connectivity index (χ1n) is 9.90. The average Bonchev–Trinajstić information content (AvgIpc) is 3.20. The molecule has 3 aromatic carbocycles. The van der Waals surface area contributed by atoms with Crippen molar-refractivity contribution < 1.29 is 0 Å². The summed E-state index contributed by atoms with van der Waals surface area (Å²) < 4.78 is 0. The summed E-state index contributed by atoms with van der Waals surface area (Å²) in [6, 6.07) is 25.1. The van der Waals surface area contributed by atoms with Crippen LogP contribution in [0.15, 0.2) is 72.9 Å². The lowest BCUT2D eigenvalue weighted by Crippen LogP contribution is -2.41. The van der Waals surface area contributed by atoms with Gasteiger partial charge in [0, 0.05) is 17.8 Å². The molecule has 5 rings (SSSR count). The molecule has 0 spiro atoms. The standard InChI is InChI=1S/C24H25N3/c1-2-6-21-17(4-1)5-3-7-22(21)24(27-20-11-13-25-14-12-20)19-8-9-23-18(16-19)10-15-26-23/h1-10,15-16,20,24-27H,11-14H2. The van der Waals surface area contributed by atoms with Gasteiger partial charge in [0.15, 0.2) is 0 Å². The van der Waals surface area contributed by atoms with Gasteiger partial charge < -0.3 is 15.6 Å². The largest absolute Gasteiger partial charge is 0.361 e. The minimum Gasteiger partial charge on any atom is -0.361 e. The van der Waals surface area contributed by atoms with Crippen LogP contribution in [-0.2, 0) is 0 Å². The average molecular weight is 355 g/mol. The van der Waals surface area contributed by atoms with Gasteiger partial charge in [-0.2, -0.15) is 0 Å². The monoisotopic (exact) mass is 355 g/mol. The minimum atomic E-state index is 0.193. The summed E-state index contributed by atoms with van der Waals surface area (Å²) in [5.74, 6) is 0. The number of H-pyrrole nitrogens is 1. The Balaban J connectivity index is 1.62. The van der Waals surface area contributed by atoms with E-state index in [1.165, 1.54) is 45.6 Å². The molecule has 3 nitrogen and oxygen atoms in total. The van der Waals surface area contributed by atoms with Crippen LogP contribution in [0.4, 0.5) is 0 Å². The Morgan fingerprint density at radius 1 is 0.852 bits per heavy atom. The summed E-state index contributed by atoms with van der Waals surface area (Å²) in [6.07, 6.45) is 4.36. The Morgan fingerprint density at radius 3 is 2.63 bits per heavy atom. The van der Waals surface area contributed by atoms with Crippen molar-refractivity contribution >= 4 is 21.7 Å². The van der Waals surface area contributed by atoms with Gasteiger partial charge in [0.1, 0.15) is 0 Å². The van der Waals surface area contributed by atoms with Crippen molar-refractivity contribution in [2.45, 2.75) is 24.9 Å². The molecule has 3 heteroatoms. The highest BCUT2D eigenvalue weighted by Gasteiger charge is 2.22. The molecule has 0 bridgehead atoms. The number of aromatic amines is 1. The van der Waals surface area contributed by atoms with E-state index in [4.69, 9.17) is 0 Å². The van der Waals surface area contributed by atoms with E-state index < -0.39 is 0 Å². The molecule has 1 fully saturated rings. The third-order valence-electron chi connectivity index (χ3n) is 5.79. The van der Waals surface area contributed by atoms with Crippen LogP contribution in [0.25, 0.3) is 21.7 Å². The van der Waals surface area contributed by atoms with E-state index in [0.717, 1.165) is 13.1 Å². The molecule has 1 atom stereocenters. The van der Waals surface area contributed by atoms with Gasteiger partial charge in [0.2, 0.25) is 0 Å². The number of aromatic nitrogens is 1. The first-order chi connectivity index (χ1) is 13.4. The second-order valence-corrected chi connectivity index (χ2v) is 7.52. The van der Waals surface area contributed by atoms with Crippen molar-refractivity contribution in [1.29, 1.82) is 0 Å². The van der Waals surface area contributed by atoms with Gasteiger partial charge in [-0.25, -0.2) is 0 Å². The zero-order valence-electron chi connectivity index (χ0n) is 15.4. The second-order valence-electron chi connectivity index (χ2n) is 7.52. The van der Waals surface area contributed by atoms with Crippen LogP contribution in [0, 0.1) is 0 Å². The molecular weight excluding hydrogens is 330 g/mol. The van der Waals surface area contributed by atoms with Gasteiger partial charge in [-0.1, -0.05) is 48.5 Å². The Labute approximate surface area is 159 Å². The zero-order chi connectivity index (χ0) is 18.1. The maximum atomic E-state index is 3.99. The van der Waals surface area contributed by atoms with Crippen LogP contribution >= 0.6 is 0 Å². The fourth-order valence-corrected chi connectivity index (χ4v) is 4.34. The summed E-state index contributed by atoms with van der Waals surface area (Å²) in [6.45, 7) is 2.19. The molecule has 136 valence electrons. The molecule has 0 radical (unpaired) electrons. The summed E-state index contributed by atoms with van der Waals surface area (Å²) >= 11 is 0. The lowest BCUT2D eigenvalue weighted by atomic mass is 9.91. The second kappa shape index (κ2) is 7.18. The van der Waals surface area contributed by atoms with Gasteiger partial charge in [0.05, 0.1) is 6.04 Å². The first kappa shape index (κ1) is 16.5. The molecule has 27 heavy (non-hydrogen) atoms. The van der Waals surface area contributed by atoms with Crippen LogP contribution in [-0.4, -0.2) is 24.1 Å².